The molecule has 0 aliphatic heterocycles. The van der Waals surface area contributed by atoms with Crippen LogP contribution in [0.4, 0.5) is 17.1 Å². The van der Waals surface area contributed by atoms with Gasteiger partial charge in [0.1, 0.15) is 5.69 Å². The van der Waals surface area contributed by atoms with Crippen molar-refractivity contribution in [2.45, 2.75) is 0 Å². The number of amides is 1. The Morgan fingerprint density at radius 3 is 2.67 bits per heavy atom. The van der Waals surface area contributed by atoms with E-state index in [-0.39, 0.29) is 16.9 Å². The maximum absolute atomic E-state index is 12.1. The first kappa shape index (κ1) is 15.3. The highest BCUT2D eigenvalue weighted by Crippen LogP contribution is 2.28. The van der Waals surface area contributed by atoms with E-state index >= 15 is 0 Å². The zero-order chi connectivity index (χ0) is 15.6. The van der Waals surface area contributed by atoms with Crippen LogP contribution < -0.4 is 11.1 Å². The number of nitrogen functional groups attached to an aromatic ring is 1. The fraction of sp³-hybridized carbons (Fsp3) is 0. The molecule has 0 spiro atoms. The minimum atomic E-state index is -0.634. The SMILES string of the molecule is Nc1c(C(=O)Nc2ccc(Cl)c(Br)c2)cccc1[N+](=O)[O-]. The van der Waals surface area contributed by atoms with Crippen LogP contribution in [0.3, 0.4) is 0 Å². The van der Waals surface area contributed by atoms with Gasteiger partial charge in [0.05, 0.1) is 15.5 Å². The van der Waals surface area contributed by atoms with Crippen LogP contribution in [0.15, 0.2) is 40.9 Å². The number of carbonyl (C=O) groups excluding carboxylic acids is 1. The Kier molecular flexibility index (Phi) is 4.44. The molecular formula is C13H9BrClN3O3. The number of para-hydroxylation sites is 1. The van der Waals surface area contributed by atoms with Gasteiger partial charge in [-0.15, -0.1) is 0 Å². The molecule has 0 saturated carbocycles. The van der Waals surface area contributed by atoms with Crippen LogP contribution >= 0.6 is 27.5 Å². The number of hydrogen-bond donors (Lipinski definition) is 2. The fourth-order valence-electron chi connectivity index (χ4n) is 1.68. The van der Waals surface area contributed by atoms with E-state index < -0.39 is 10.8 Å². The van der Waals surface area contributed by atoms with Gasteiger partial charge < -0.3 is 11.1 Å². The second-order valence-electron chi connectivity index (χ2n) is 4.08. The van der Waals surface area contributed by atoms with Crippen molar-refractivity contribution in [2.24, 2.45) is 0 Å². The summed E-state index contributed by atoms with van der Waals surface area (Å²) >= 11 is 9.10. The molecule has 0 radical (unpaired) electrons. The molecule has 0 unspecified atom stereocenters. The largest absolute Gasteiger partial charge is 0.393 e. The second kappa shape index (κ2) is 6.11. The number of nitrogens with one attached hydrogen (secondary N) is 1. The van der Waals surface area contributed by atoms with Crippen molar-refractivity contribution in [3.8, 4) is 0 Å². The zero-order valence-electron chi connectivity index (χ0n) is 10.5. The van der Waals surface area contributed by atoms with E-state index in [1.807, 2.05) is 0 Å². The lowest BCUT2D eigenvalue weighted by Gasteiger charge is -2.08. The van der Waals surface area contributed by atoms with Gasteiger partial charge in [-0.2, -0.15) is 0 Å². The maximum Gasteiger partial charge on any atom is 0.292 e. The normalized spacial score (nSPS) is 10.2. The Hall–Kier alpha value is -2.12. The first-order valence-corrected chi connectivity index (χ1v) is 6.86. The monoisotopic (exact) mass is 369 g/mol. The molecule has 0 aliphatic rings. The minimum absolute atomic E-state index is 0.0373. The van der Waals surface area contributed by atoms with Crippen molar-refractivity contribution in [2.75, 3.05) is 11.1 Å². The summed E-state index contributed by atoms with van der Waals surface area (Å²) in [6.45, 7) is 0. The molecule has 0 fully saturated rings. The van der Waals surface area contributed by atoms with Gasteiger partial charge in [-0.05, 0) is 40.2 Å². The van der Waals surface area contributed by atoms with Crippen LogP contribution in [0, 0.1) is 10.1 Å². The smallest absolute Gasteiger partial charge is 0.292 e. The second-order valence-corrected chi connectivity index (χ2v) is 5.34. The minimum Gasteiger partial charge on any atom is -0.393 e. The van der Waals surface area contributed by atoms with Crippen molar-refractivity contribution in [3.63, 3.8) is 0 Å². The van der Waals surface area contributed by atoms with E-state index in [9.17, 15) is 14.9 Å². The average molecular weight is 371 g/mol. The van der Waals surface area contributed by atoms with Gasteiger partial charge in [0.25, 0.3) is 11.6 Å². The van der Waals surface area contributed by atoms with Crippen LogP contribution in [-0.4, -0.2) is 10.8 Å². The predicted octanol–water partition coefficient (Wildman–Crippen LogP) is 3.85. The van der Waals surface area contributed by atoms with Crippen LogP contribution in [0.25, 0.3) is 0 Å². The number of nitro benzene ring substituents is 1. The number of hydrogen-bond acceptors (Lipinski definition) is 4. The van der Waals surface area contributed by atoms with E-state index in [1.54, 1.807) is 18.2 Å². The molecule has 8 heteroatoms. The molecule has 0 aromatic heterocycles. The highest BCUT2D eigenvalue weighted by Gasteiger charge is 2.19. The number of halogens is 2. The molecule has 0 atom stereocenters. The lowest BCUT2D eigenvalue weighted by atomic mass is 10.1. The summed E-state index contributed by atoms with van der Waals surface area (Å²) in [7, 11) is 0. The molecule has 2 aromatic rings. The standard InChI is InChI=1S/C13H9BrClN3O3/c14-9-6-7(4-5-10(9)15)17-13(19)8-2-1-3-11(12(8)16)18(20)21/h1-6H,16H2,(H,17,19). The van der Waals surface area contributed by atoms with Gasteiger partial charge in [0.15, 0.2) is 0 Å². The summed E-state index contributed by atoms with van der Waals surface area (Å²) in [6.07, 6.45) is 0. The number of benzene rings is 2. The first-order chi connectivity index (χ1) is 9.90. The van der Waals surface area contributed by atoms with Gasteiger partial charge >= 0.3 is 0 Å². The van der Waals surface area contributed by atoms with Crippen molar-refractivity contribution in [1.82, 2.24) is 0 Å². The number of anilines is 2. The summed E-state index contributed by atoms with van der Waals surface area (Å²) < 4.78 is 0.619. The molecule has 2 aromatic carbocycles. The molecule has 2 rings (SSSR count). The number of carbonyl (C=O) groups is 1. The third kappa shape index (κ3) is 3.32. The van der Waals surface area contributed by atoms with Crippen LogP contribution in [-0.2, 0) is 0 Å². The molecule has 1 amide bonds. The van der Waals surface area contributed by atoms with Gasteiger partial charge in [-0.3, -0.25) is 14.9 Å². The molecular weight excluding hydrogens is 362 g/mol. The Labute approximate surface area is 133 Å². The van der Waals surface area contributed by atoms with Crippen LogP contribution in [0.1, 0.15) is 10.4 Å². The first-order valence-electron chi connectivity index (χ1n) is 5.69. The Morgan fingerprint density at radius 2 is 2.05 bits per heavy atom. The van der Waals surface area contributed by atoms with Gasteiger partial charge in [-0.25, -0.2) is 0 Å². The molecule has 6 nitrogen and oxygen atoms in total. The Morgan fingerprint density at radius 1 is 1.33 bits per heavy atom. The fourth-order valence-corrected chi connectivity index (χ4v) is 2.18. The quantitative estimate of drug-likeness (QED) is 0.487. The number of rotatable bonds is 3. The third-order valence-corrected chi connectivity index (χ3v) is 3.92. The summed E-state index contributed by atoms with van der Waals surface area (Å²) in [4.78, 5) is 22.3. The predicted molar refractivity (Wildman–Crippen MR) is 84.6 cm³/mol. The molecule has 0 heterocycles. The van der Waals surface area contributed by atoms with E-state index in [0.717, 1.165) is 0 Å². The molecule has 0 aliphatic carbocycles. The summed E-state index contributed by atoms with van der Waals surface area (Å²) in [5.41, 5.74) is 5.71. The summed E-state index contributed by atoms with van der Waals surface area (Å²) in [6, 6.07) is 8.90. The molecule has 21 heavy (non-hydrogen) atoms. The summed E-state index contributed by atoms with van der Waals surface area (Å²) in [5, 5.41) is 13.9. The van der Waals surface area contributed by atoms with Gasteiger partial charge in [0.2, 0.25) is 0 Å². The van der Waals surface area contributed by atoms with Crippen molar-refractivity contribution >= 4 is 50.5 Å². The lowest BCUT2D eigenvalue weighted by Crippen LogP contribution is -2.14. The van der Waals surface area contributed by atoms with E-state index in [0.29, 0.717) is 15.2 Å². The Balaban J connectivity index is 2.30. The number of nitrogens with zero attached hydrogens (tertiary/aromatic N) is 1. The summed E-state index contributed by atoms with van der Waals surface area (Å²) in [5.74, 6) is -0.537. The molecule has 3 N–H and O–H groups in total. The highest BCUT2D eigenvalue weighted by molar-refractivity contribution is 9.10. The van der Waals surface area contributed by atoms with Crippen LogP contribution in [0.2, 0.25) is 5.02 Å². The number of nitro groups is 1. The molecule has 108 valence electrons. The molecule has 0 saturated heterocycles. The maximum atomic E-state index is 12.1. The Bertz CT molecular complexity index is 737. The van der Waals surface area contributed by atoms with Crippen LogP contribution in [0.5, 0.6) is 0 Å². The highest BCUT2D eigenvalue weighted by atomic mass is 79.9. The molecule has 0 bridgehead atoms. The van der Waals surface area contributed by atoms with Crippen molar-refractivity contribution < 1.29 is 9.72 Å². The van der Waals surface area contributed by atoms with Crippen molar-refractivity contribution in [1.29, 1.82) is 0 Å². The average Bonchev–Trinajstić information content (AvgIpc) is 2.42. The number of nitrogens with two attached hydrogens (primary N) is 1. The van der Waals surface area contributed by atoms with E-state index in [2.05, 4.69) is 21.2 Å². The van der Waals surface area contributed by atoms with Gasteiger partial charge in [0, 0.05) is 16.2 Å². The zero-order valence-corrected chi connectivity index (χ0v) is 12.8. The topological polar surface area (TPSA) is 98.3 Å². The third-order valence-electron chi connectivity index (χ3n) is 2.70. The van der Waals surface area contributed by atoms with E-state index in [1.165, 1.54) is 18.2 Å². The van der Waals surface area contributed by atoms with Crippen molar-refractivity contribution in [3.05, 3.63) is 61.6 Å². The lowest BCUT2D eigenvalue weighted by molar-refractivity contribution is -0.383. The van der Waals surface area contributed by atoms with Gasteiger partial charge in [-0.1, -0.05) is 17.7 Å². The van der Waals surface area contributed by atoms with E-state index in [4.69, 9.17) is 17.3 Å².